The van der Waals surface area contributed by atoms with E-state index in [9.17, 15) is 0 Å². The molecule has 2 aromatic rings. The Labute approximate surface area is 61.9 Å². The van der Waals surface area contributed by atoms with Crippen LogP contribution in [-0.2, 0) is 0 Å². The predicted molar refractivity (Wildman–Crippen MR) is 39.9 cm³/mol. The van der Waals surface area contributed by atoms with E-state index in [4.69, 9.17) is 0 Å². The lowest BCUT2D eigenvalue weighted by atomic mass is 10.4. The summed E-state index contributed by atoms with van der Waals surface area (Å²) in [6, 6.07) is 0. The smallest absolute Gasteiger partial charge is 0.121 e. The Hall–Kier alpha value is -1.03. The minimum Gasteiger partial charge on any atom is -0.242 e. The van der Waals surface area contributed by atoms with Crippen molar-refractivity contribution < 1.29 is 0 Å². The number of rotatable bonds is 0. The molecular weight excluding hydrogens is 146 g/mol. The third kappa shape index (κ3) is 0.690. The second-order valence-corrected chi connectivity index (χ2v) is 2.97. The summed E-state index contributed by atoms with van der Waals surface area (Å²) in [6.45, 7) is 2.01. The first-order chi connectivity index (χ1) is 4.88. The summed E-state index contributed by atoms with van der Waals surface area (Å²) in [5, 5.41) is 0. The van der Waals surface area contributed by atoms with Gasteiger partial charge in [-0.1, -0.05) is 0 Å². The molecule has 0 bridgehead atoms. The molecule has 0 fully saturated rings. The van der Waals surface area contributed by atoms with Gasteiger partial charge in [0, 0.05) is 4.88 Å². The summed E-state index contributed by atoms with van der Waals surface area (Å²) < 4.78 is 4.13. The minimum absolute atomic E-state index is 0.894. The van der Waals surface area contributed by atoms with Gasteiger partial charge in [0.1, 0.15) is 17.4 Å². The third-order valence-corrected chi connectivity index (χ3v) is 2.06. The van der Waals surface area contributed by atoms with Crippen LogP contribution < -0.4 is 0 Å². The van der Waals surface area contributed by atoms with E-state index in [1.165, 1.54) is 11.5 Å². The van der Waals surface area contributed by atoms with Gasteiger partial charge in [0.05, 0.1) is 6.20 Å². The van der Waals surface area contributed by atoms with Crippen molar-refractivity contribution in [3.05, 3.63) is 17.4 Å². The number of nitrogens with zero attached hydrogens (tertiary/aromatic N) is 3. The van der Waals surface area contributed by atoms with Crippen molar-refractivity contribution in [2.75, 3.05) is 0 Å². The van der Waals surface area contributed by atoms with E-state index in [-0.39, 0.29) is 0 Å². The molecule has 0 aliphatic carbocycles. The molecule has 2 heterocycles. The zero-order valence-electron chi connectivity index (χ0n) is 5.40. The van der Waals surface area contributed by atoms with Gasteiger partial charge in [0.2, 0.25) is 0 Å². The Kier molecular flexibility index (Phi) is 1.14. The maximum absolute atomic E-state index is 4.13. The molecule has 0 aliphatic rings. The highest BCUT2D eigenvalue weighted by Gasteiger charge is 1.99. The van der Waals surface area contributed by atoms with E-state index in [0.717, 1.165) is 15.9 Å². The summed E-state index contributed by atoms with van der Waals surface area (Å²) in [7, 11) is 0. The van der Waals surface area contributed by atoms with E-state index < -0.39 is 0 Å². The molecule has 0 unspecified atom stereocenters. The first kappa shape index (κ1) is 5.73. The van der Waals surface area contributed by atoms with Gasteiger partial charge in [-0.25, -0.2) is 9.97 Å². The molecule has 0 aromatic carbocycles. The minimum atomic E-state index is 0.894. The lowest BCUT2D eigenvalue weighted by Crippen LogP contribution is -1.77. The molecule has 0 spiro atoms. The highest BCUT2D eigenvalue weighted by atomic mass is 32.1. The van der Waals surface area contributed by atoms with Crippen molar-refractivity contribution in [2.45, 2.75) is 6.92 Å². The fraction of sp³-hybridized carbons (Fsp3) is 0.167. The molecule has 0 aliphatic heterocycles. The zero-order chi connectivity index (χ0) is 6.97. The summed E-state index contributed by atoms with van der Waals surface area (Å²) in [6.07, 6.45) is 3.27. The average molecular weight is 151 g/mol. The lowest BCUT2D eigenvalue weighted by molar-refractivity contribution is 1.21. The van der Waals surface area contributed by atoms with Crippen LogP contribution in [0.1, 0.15) is 4.88 Å². The van der Waals surface area contributed by atoms with Crippen molar-refractivity contribution in [3.63, 3.8) is 0 Å². The van der Waals surface area contributed by atoms with Crippen LogP contribution in [0.4, 0.5) is 0 Å². The monoisotopic (exact) mass is 151 g/mol. The van der Waals surface area contributed by atoms with E-state index >= 15 is 0 Å². The summed E-state index contributed by atoms with van der Waals surface area (Å²) in [5.74, 6) is 0. The molecule has 2 rings (SSSR count). The molecule has 0 radical (unpaired) electrons. The van der Waals surface area contributed by atoms with Crippen molar-refractivity contribution >= 4 is 22.6 Å². The zero-order valence-corrected chi connectivity index (χ0v) is 6.22. The Morgan fingerprint density at radius 2 is 2.40 bits per heavy atom. The van der Waals surface area contributed by atoms with Gasteiger partial charge >= 0.3 is 0 Å². The number of aryl methyl sites for hydroxylation is 1. The quantitative estimate of drug-likeness (QED) is 0.571. The number of aromatic nitrogens is 3. The number of hydrogen-bond acceptors (Lipinski definition) is 4. The molecule has 10 heavy (non-hydrogen) atoms. The van der Waals surface area contributed by atoms with Crippen LogP contribution in [0, 0.1) is 6.92 Å². The highest BCUT2D eigenvalue weighted by Crippen LogP contribution is 2.16. The highest BCUT2D eigenvalue weighted by molar-refractivity contribution is 7.07. The molecular formula is C6H5N3S. The molecule has 4 heteroatoms. The van der Waals surface area contributed by atoms with E-state index in [2.05, 4.69) is 14.3 Å². The molecule has 2 aromatic heterocycles. The molecule has 50 valence electrons. The summed E-state index contributed by atoms with van der Waals surface area (Å²) >= 11 is 1.47. The maximum atomic E-state index is 4.13. The Balaban J connectivity index is 2.93. The second kappa shape index (κ2) is 1.98. The molecule has 3 nitrogen and oxygen atoms in total. The van der Waals surface area contributed by atoms with Crippen LogP contribution in [0.25, 0.3) is 11.0 Å². The standard InChI is InChI=1S/C6H5N3S/c1-4-6-5(9-10-4)2-7-3-8-6/h2-3H,1H3. The van der Waals surface area contributed by atoms with Crippen molar-refractivity contribution in [2.24, 2.45) is 0 Å². The van der Waals surface area contributed by atoms with Crippen LogP contribution in [0.3, 0.4) is 0 Å². The van der Waals surface area contributed by atoms with Gasteiger partial charge in [0.25, 0.3) is 0 Å². The largest absolute Gasteiger partial charge is 0.242 e. The normalized spacial score (nSPS) is 10.5. The van der Waals surface area contributed by atoms with Gasteiger partial charge in [-0.3, -0.25) is 0 Å². The van der Waals surface area contributed by atoms with Crippen LogP contribution in [-0.4, -0.2) is 14.3 Å². The fourth-order valence-electron chi connectivity index (χ4n) is 0.821. The van der Waals surface area contributed by atoms with Gasteiger partial charge in [-0.05, 0) is 18.5 Å². The van der Waals surface area contributed by atoms with Gasteiger partial charge in [0.15, 0.2) is 0 Å². The van der Waals surface area contributed by atoms with Crippen LogP contribution in [0.5, 0.6) is 0 Å². The predicted octanol–water partition coefficient (Wildman–Crippen LogP) is 1.39. The van der Waals surface area contributed by atoms with Gasteiger partial charge in [-0.2, -0.15) is 4.37 Å². The van der Waals surface area contributed by atoms with E-state index in [1.807, 2.05) is 6.92 Å². The van der Waals surface area contributed by atoms with Crippen molar-refractivity contribution in [1.82, 2.24) is 14.3 Å². The van der Waals surface area contributed by atoms with E-state index in [0.29, 0.717) is 0 Å². The van der Waals surface area contributed by atoms with Crippen LogP contribution in [0.15, 0.2) is 12.5 Å². The number of hydrogen-bond donors (Lipinski definition) is 0. The SMILES string of the molecule is Cc1snc2cncnc12. The molecule has 0 saturated heterocycles. The van der Waals surface area contributed by atoms with Gasteiger partial charge < -0.3 is 0 Å². The Morgan fingerprint density at radius 1 is 1.50 bits per heavy atom. The first-order valence-corrected chi connectivity index (χ1v) is 3.67. The van der Waals surface area contributed by atoms with Crippen molar-refractivity contribution in [3.8, 4) is 0 Å². The first-order valence-electron chi connectivity index (χ1n) is 2.90. The second-order valence-electron chi connectivity index (χ2n) is 2.00. The molecule has 0 atom stereocenters. The molecule has 0 saturated carbocycles. The summed E-state index contributed by atoms with van der Waals surface area (Å²) in [5.41, 5.74) is 1.87. The molecule has 0 amide bonds. The maximum Gasteiger partial charge on any atom is 0.121 e. The lowest BCUT2D eigenvalue weighted by Gasteiger charge is -1.83. The average Bonchev–Trinajstić information content (AvgIpc) is 2.34. The van der Waals surface area contributed by atoms with E-state index in [1.54, 1.807) is 12.5 Å². The Morgan fingerprint density at radius 3 is 3.20 bits per heavy atom. The number of fused-ring (bicyclic) bond motifs is 1. The van der Waals surface area contributed by atoms with Gasteiger partial charge in [-0.15, -0.1) is 0 Å². The molecule has 0 N–H and O–H groups in total. The fourth-order valence-corrected chi connectivity index (χ4v) is 1.43. The van der Waals surface area contributed by atoms with Crippen molar-refractivity contribution in [1.29, 1.82) is 0 Å². The third-order valence-electron chi connectivity index (χ3n) is 1.31. The Bertz CT molecular complexity index is 355. The van der Waals surface area contributed by atoms with Crippen LogP contribution >= 0.6 is 11.5 Å². The topological polar surface area (TPSA) is 38.7 Å². The van der Waals surface area contributed by atoms with Crippen LogP contribution in [0.2, 0.25) is 0 Å². The summed E-state index contributed by atoms with van der Waals surface area (Å²) in [4.78, 5) is 9.09.